The molecule has 17 heavy (non-hydrogen) atoms. The largest absolute Gasteiger partial charge is 0.505 e. The average molecular weight is 234 g/mol. The maximum absolute atomic E-state index is 11.8. The summed E-state index contributed by atoms with van der Waals surface area (Å²) in [5, 5.41) is 9.89. The van der Waals surface area contributed by atoms with Gasteiger partial charge in [-0.25, -0.2) is 0 Å². The quantitative estimate of drug-likeness (QED) is 0.783. The molecule has 2 rings (SSSR count). The van der Waals surface area contributed by atoms with Crippen LogP contribution in [0.2, 0.25) is 0 Å². The van der Waals surface area contributed by atoms with Crippen molar-refractivity contribution in [1.82, 2.24) is 0 Å². The second-order valence-corrected chi connectivity index (χ2v) is 4.25. The molecule has 2 amide bonds. The highest BCUT2D eigenvalue weighted by atomic mass is 16.3. The number of benzene rings is 1. The van der Waals surface area contributed by atoms with Gasteiger partial charge in [0.15, 0.2) is 0 Å². The number of phenolic OH excluding ortho intramolecular Hbond substituents is 1. The molecule has 1 aromatic rings. The van der Waals surface area contributed by atoms with Crippen LogP contribution in [0.1, 0.15) is 12.0 Å². The number of carbonyl (C=O) groups is 2. The number of aromatic hydroxyl groups is 1. The zero-order chi connectivity index (χ0) is 12.6. The van der Waals surface area contributed by atoms with Gasteiger partial charge in [0.25, 0.3) is 0 Å². The topological polar surface area (TPSA) is 83.6 Å². The Balaban J connectivity index is 2.32. The third-order valence-corrected chi connectivity index (χ3v) is 3.03. The molecule has 1 aliphatic heterocycles. The lowest BCUT2D eigenvalue weighted by Crippen LogP contribution is -2.28. The van der Waals surface area contributed by atoms with Gasteiger partial charge in [0.1, 0.15) is 5.75 Å². The first-order valence-electron chi connectivity index (χ1n) is 5.39. The number of phenols is 1. The van der Waals surface area contributed by atoms with Gasteiger partial charge < -0.3 is 15.7 Å². The monoisotopic (exact) mass is 234 g/mol. The first-order valence-corrected chi connectivity index (χ1v) is 5.39. The van der Waals surface area contributed by atoms with Gasteiger partial charge in [-0.15, -0.1) is 0 Å². The molecule has 1 saturated heterocycles. The summed E-state index contributed by atoms with van der Waals surface area (Å²) in [6.07, 6.45) is 0.114. The molecule has 90 valence electrons. The fraction of sp³-hybridized carbons (Fsp3) is 0.333. The normalized spacial score (nSPS) is 19.7. The SMILES string of the molecule is Cc1cccc(N2CC(C(N)=O)CC2=O)c1O. The van der Waals surface area contributed by atoms with Crippen molar-refractivity contribution in [3.63, 3.8) is 0 Å². The van der Waals surface area contributed by atoms with Crippen molar-refractivity contribution in [2.75, 3.05) is 11.4 Å². The van der Waals surface area contributed by atoms with Crippen LogP contribution in [0, 0.1) is 12.8 Å². The number of nitrogens with two attached hydrogens (primary N) is 1. The molecule has 0 aliphatic carbocycles. The highest BCUT2D eigenvalue weighted by Gasteiger charge is 2.35. The van der Waals surface area contributed by atoms with E-state index in [-0.39, 0.29) is 24.6 Å². The molecular weight excluding hydrogens is 220 g/mol. The maximum atomic E-state index is 11.8. The zero-order valence-corrected chi connectivity index (χ0v) is 9.51. The van der Waals surface area contributed by atoms with Gasteiger partial charge in [-0.2, -0.15) is 0 Å². The molecule has 1 heterocycles. The smallest absolute Gasteiger partial charge is 0.227 e. The molecule has 1 aromatic carbocycles. The molecular formula is C12H14N2O3. The Morgan fingerprint density at radius 3 is 2.82 bits per heavy atom. The van der Waals surface area contributed by atoms with Crippen LogP contribution in [0.15, 0.2) is 18.2 Å². The highest BCUT2D eigenvalue weighted by Crippen LogP contribution is 2.34. The lowest BCUT2D eigenvalue weighted by Gasteiger charge is -2.18. The van der Waals surface area contributed by atoms with Gasteiger partial charge in [0.2, 0.25) is 11.8 Å². The number of carbonyl (C=O) groups excluding carboxylic acids is 2. The van der Waals surface area contributed by atoms with Crippen LogP contribution in [-0.4, -0.2) is 23.5 Å². The third-order valence-electron chi connectivity index (χ3n) is 3.03. The summed E-state index contributed by atoms with van der Waals surface area (Å²) in [5.74, 6) is -1.06. The van der Waals surface area contributed by atoms with Crippen LogP contribution >= 0.6 is 0 Å². The number of amides is 2. The van der Waals surface area contributed by atoms with Crippen molar-refractivity contribution >= 4 is 17.5 Å². The molecule has 0 radical (unpaired) electrons. The van der Waals surface area contributed by atoms with Crippen molar-refractivity contribution in [2.45, 2.75) is 13.3 Å². The molecule has 5 heteroatoms. The molecule has 0 bridgehead atoms. The van der Waals surface area contributed by atoms with E-state index in [1.807, 2.05) is 0 Å². The Labute approximate surface area is 98.8 Å². The minimum absolute atomic E-state index is 0.0750. The minimum atomic E-state index is -0.479. The predicted octanol–water partition coefficient (Wildman–Crippen LogP) is 0.539. The summed E-state index contributed by atoms with van der Waals surface area (Å²) in [6, 6.07) is 5.17. The van der Waals surface area contributed by atoms with Crippen molar-refractivity contribution < 1.29 is 14.7 Å². The van der Waals surface area contributed by atoms with E-state index in [4.69, 9.17) is 5.73 Å². The highest BCUT2D eigenvalue weighted by molar-refractivity contribution is 6.01. The van der Waals surface area contributed by atoms with E-state index in [1.165, 1.54) is 4.90 Å². The van der Waals surface area contributed by atoms with Crippen LogP contribution in [0.5, 0.6) is 5.75 Å². The fourth-order valence-corrected chi connectivity index (χ4v) is 1.99. The van der Waals surface area contributed by atoms with Crippen LogP contribution in [0.25, 0.3) is 0 Å². The number of para-hydroxylation sites is 1. The average Bonchev–Trinajstić information content (AvgIpc) is 2.65. The number of hydrogen-bond acceptors (Lipinski definition) is 3. The number of primary amides is 1. The summed E-state index contributed by atoms with van der Waals surface area (Å²) in [4.78, 5) is 24.2. The summed E-state index contributed by atoms with van der Waals surface area (Å²) in [5.41, 5.74) is 6.32. The standard InChI is InChI=1S/C12H14N2O3/c1-7-3-2-4-9(11(7)16)14-6-8(12(13)17)5-10(14)15/h2-4,8,16H,5-6H2,1H3,(H2,13,17). The Bertz CT molecular complexity index is 485. The number of rotatable bonds is 2. The molecule has 0 aromatic heterocycles. The van der Waals surface area contributed by atoms with Gasteiger partial charge in [0.05, 0.1) is 11.6 Å². The molecule has 1 atom stereocenters. The fourth-order valence-electron chi connectivity index (χ4n) is 1.99. The van der Waals surface area contributed by atoms with Crippen molar-refractivity contribution in [2.24, 2.45) is 11.7 Å². The molecule has 0 spiro atoms. The van der Waals surface area contributed by atoms with E-state index >= 15 is 0 Å². The second-order valence-electron chi connectivity index (χ2n) is 4.25. The Hall–Kier alpha value is -2.04. The van der Waals surface area contributed by atoms with E-state index in [2.05, 4.69) is 0 Å². The molecule has 1 fully saturated rings. The van der Waals surface area contributed by atoms with Gasteiger partial charge >= 0.3 is 0 Å². The van der Waals surface area contributed by atoms with Gasteiger partial charge in [-0.1, -0.05) is 12.1 Å². The van der Waals surface area contributed by atoms with E-state index in [0.29, 0.717) is 11.3 Å². The van der Waals surface area contributed by atoms with E-state index in [1.54, 1.807) is 25.1 Å². The maximum Gasteiger partial charge on any atom is 0.227 e. The molecule has 5 nitrogen and oxygen atoms in total. The number of anilines is 1. The molecule has 3 N–H and O–H groups in total. The van der Waals surface area contributed by atoms with Crippen LogP contribution in [-0.2, 0) is 9.59 Å². The second kappa shape index (κ2) is 4.08. The lowest BCUT2D eigenvalue weighted by molar-refractivity contribution is -0.123. The summed E-state index contributed by atoms with van der Waals surface area (Å²) in [6.45, 7) is 2.00. The van der Waals surface area contributed by atoms with E-state index in [9.17, 15) is 14.7 Å². The van der Waals surface area contributed by atoms with Crippen LogP contribution in [0.4, 0.5) is 5.69 Å². The molecule has 1 aliphatic rings. The van der Waals surface area contributed by atoms with E-state index in [0.717, 1.165) is 0 Å². The number of aryl methyl sites for hydroxylation is 1. The van der Waals surface area contributed by atoms with Crippen molar-refractivity contribution in [3.05, 3.63) is 23.8 Å². The summed E-state index contributed by atoms with van der Waals surface area (Å²) >= 11 is 0. The van der Waals surface area contributed by atoms with E-state index < -0.39 is 11.8 Å². The minimum Gasteiger partial charge on any atom is -0.505 e. The Morgan fingerprint density at radius 2 is 2.24 bits per heavy atom. The van der Waals surface area contributed by atoms with Crippen molar-refractivity contribution in [3.8, 4) is 5.75 Å². The van der Waals surface area contributed by atoms with Crippen LogP contribution < -0.4 is 10.6 Å². The van der Waals surface area contributed by atoms with Gasteiger partial charge in [0, 0.05) is 13.0 Å². The molecule has 0 saturated carbocycles. The van der Waals surface area contributed by atoms with Crippen molar-refractivity contribution in [1.29, 1.82) is 0 Å². The van der Waals surface area contributed by atoms with Crippen LogP contribution in [0.3, 0.4) is 0 Å². The first kappa shape index (κ1) is 11.4. The zero-order valence-electron chi connectivity index (χ0n) is 9.51. The molecule has 1 unspecified atom stereocenters. The third kappa shape index (κ3) is 1.95. The Morgan fingerprint density at radius 1 is 1.53 bits per heavy atom. The van der Waals surface area contributed by atoms with Gasteiger partial charge in [-0.05, 0) is 18.6 Å². The number of nitrogens with zero attached hydrogens (tertiary/aromatic N) is 1. The lowest BCUT2D eigenvalue weighted by atomic mass is 10.1. The predicted molar refractivity (Wildman–Crippen MR) is 62.5 cm³/mol. The first-order chi connectivity index (χ1) is 8.00. The van der Waals surface area contributed by atoms with Gasteiger partial charge in [-0.3, -0.25) is 9.59 Å². The Kier molecular flexibility index (Phi) is 2.75. The number of hydrogen-bond donors (Lipinski definition) is 2. The summed E-state index contributed by atoms with van der Waals surface area (Å²) < 4.78 is 0. The summed E-state index contributed by atoms with van der Waals surface area (Å²) in [7, 11) is 0.